The minimum Gasteiger partial charge on any atom is -0.493 e. The summed E-state index contributed by atoms with van der Waals surface area (Å²) < 4.78 is 11.9. The van der Waals surface area contributed by atoms with Gasteiger partial charge in [-0.25, -0.2) is 0 Å². The fraction of sp³-hybridized carbons (Fsp3) is 0.667. The fourth-order valence-corrected chi connectivity index (χ4v) is 5.86. The van der Waals surface area contributed by atoms with Crippen LogP contribution in [0.2, 0.25) is 0 Å². The Kier molecular flexibility index (Phi) is 2.51. The predicted molar refractivity (Wildman–Crippen MR) is 82.6 cm³/mol. The number of hydrogen-bond donors (Lipinski definition) is 1. The maximum absolute atomic E-state index is 10.6. The normalized spacial score (nSPS) is 41.8. The Balaban J connectivity index is 1.80. The van der Waals surface area contributed by atoms with Gasteiger partial charge in [0, 0.05) is 17.0 Å². The van der Waals surface area contributed by atoms with Crippen LogP contribution >= 0.6 is 0 Å². The second kappa shape index (κ2) is 4.18. The van der Waals surface area contributed by atoms with Crippen molar-refractivity contribution in [3.05, 3.63) is 23.3 Å². The van der Waals surface area contributed by atoms with Gasteiger partial charge in [-0.05, 0) is 56.8 Å². The van der Waals surface area contributed by atoms with Crippen LogP contribution in [0.3, 0.4) is 0 Å². The number of hydrogen-bond acceptors (Lipinski definition) is 4. The Bertz CT molecular complexity index is 645. The molecule has 2 aliphatic carbocycles. The van der Waals surface area contributed by atoms with Gasteiger partial charge in [0.1, 0.15) is 6.10 Å². The third kappa shape index (κ3) is 1.32. The summed E-state index contributed by atoms with van der Waals surface area (Å²) in [4.78, 5) is 2.52. The number of rotatable bonds is 1. The van der Waals surface area contributed by atoms with E-state index in [1.807, 2.05) is 6.07 Å². The van der Waals surface area contributed by atoms with E-state index >= 15 is 0 Å². The molecule has 5 rings (SSSR count). The zero-order valence-corrected chi connectivity index (χ0v) is 13.2. The smallest absolute Gasteiger partial charge is 0.165 e. The van der Waals surface area contributed by atoms with Crippen molar-refractivity contribution in [3.8, 4) is 11.5 Å². The van der Waals surface area contributed by atoms with Gasteiger partial charge in [-0.15, -0.1) is 0 Å². The average molecular weight is 301 g/mol. The number of likely N-dealkylation sites (tertiary alicyclic amines) is 1. The van der Waals surface area contributed by atoms with Crippen LogP contribution in [0.1, 0.15) is 30.4 Å². The summed E-state index contributed by atoms with van der Waals surface area (Å²) in [5, 5.41) is 10.6. The molecule has 1 spiro atoms. The molecule has 1 saturated heterocycles. The van der Waals surface area contributed by atoms with Gasteiger partial charge in [-0.2, -0.15) is 0 Å². The Hall–Kier alpha value is -1.26. The molecular formula is C18H23NO3. The molecule has 1 aromatic carbocycles. The lowest BCUT2D eigenvalue weighted by Crippen LogP contribution is -2.66. The summed E-state index contributed by atoms with van der Waals surface area (Å²) in [7, 11) is 3.96. The molecule has 4 heteroatoms. The summed E-state index contributed by atoms with van der Waals surface area (Å²) in [6.45, 7) is 1.09. The highest BCUT2D eigenvalue weighted by molar-refractivity contribution is 5.61. The second-order valence-electron chi connectivity index (χ2n) is 7.46. The molecule has 2 fully saturated rings. The van der Waals surface area contributed by atoms with Crippen LogP contribution < -0.4 is 9.47 Å². The van der Waals surface area contributed by atoms with Crippen molar-refractivity contribution in [2.45, 2.75) is 49.3 Å². The van der Waals surface area contributed by atoms with E-state index in [-0.39, 0.29) is 17.6 Å². The number of piperidine rings is 1. The minimum absolute atomic E-state index is 0.00625. The summed E-state index contributed by atoms with van der Waals surface area (Å²) >= 11 is 0. The lowest BCUT2D eigenvalue weighted by atomic mass is 9.51. The number of ether oxygens (including phenoxy) is 2. The maximum atomic E-state index is 10.6. The molecule has 1 saturated carbocycles. The van der Waals surface area contributed by atoms with E-state index in [1.54, 1.807) is 7.11 Å². The zero-order valence-electron chi connectivity index (χ0n) is 13.2. The monoisotopic (exact) mass is 301 g/mol. The molecule has 0 radical (unpaired) electrons. The average Bonchev–Trinajstić information content (AvgIpc) is 2.88. The van der Waals surface area contributed by atoms with Gasteiger partial charge < -0.3 is 19.5 Å². The summed E-state index contributed by atoms with van der Waals surface area (Å²) in [6.07, 6.45) is 3.69. The zero-order chi connectivity index (χ0) is 15.1. The number of likely N-dealkylation sites (N-methyl/N-ethyl adjacent to an activating group) is 1. The van der Waals surface area contributed by atoms with Crippen LogP contribution in [0, 0.1) is 5.92 Å². The molecule has 4 nitrogen and oxygen atoms in total. The predicted octanol–water partition coefficient (Wildman–Crippen LogP) is 1.73. The fourth-order valence-electron chi connectivity index (χ4n) is 5.86. The first-order valence-corrected chi connectivity index (χ1v) is 8.42. The van der Waals surface area contributed by atoms with Crippen molar-refractivity contribution >= 4 is 0 Å². The summed E-state index contributed by atoms with van der Waals surface area (Å²) in [6, 6.07) is 4.83. The third-order valence-electron chi connectivity index (χ3n) is 6.77. The van der Waals surface area contributed by atoms with E-state index < -0.39 is 0 Å². The number of benzene rings is 1. The van der Waals surface area contributed by atoms with Crippen LogP contribution in [-0.4, -0.2) is 49.0 Å². The first-order valence-electron chi connectivity index (χ1n) is 8.42. The van der Waals surface area contributed by atoms with Crippen LogP contribution in [0.4, 0.5) is 0 Å². The number of aliphatic hydroxyl groups is 1. The van der Waals surface area contributed by atoms with E-state index in [2.05, 4.69) is 18.0 Å². The molecule has 0 unspecified atom stereocenters. The van der Waals surface area contributed by atoms with Crippen molar-refractivity contribution < 1.29 is 14.6 Å². The lowest BCUT2D eigenvalue weighted by molar-refractivity contribution is -0.0993. The molecule has 2 heterocycles. The maximum Gasteiger partial charge on any atom is 0.165 e. The van der Waals surface area contributed by atoms with Gasteiger partial charge in [-0.1, -0.05) is 6.07 Å². The van der Waals surface area contributed by atoms with Gasteiger partial charge in [0.15, 0.2) is 11.5 Å². The van der Waals surface area contributed by atoms with Gasteiger partial charge in [-0.3, -0.25) is 0 Å². The quantitative estimate of drug-likeness (QED) is 0.858. The molecule has 118 valence electrons. The Morgan fingerprint density at radius 2 is 2.23 bits per heavy atom. The highest BCUT2D eigenvalue weighted by atomic mass is 16.5. The molecule has 2 aliphatic heterocycles. The Morgan fingerprint density at radius 3 is 3.05 bits per heavy atom. The first-order chi connectivity index (χ1) is 10.7. The van der Waals surface area contributed by atoms with Crippen LogP contribution in [0.25, 0.3) is 0 Å². The second-order valence-corrected chi connectivity index (χ2v) is 7.46. The van der Waals surface area contributed by atoms with Gasteiger partial charge in [0.05, 0.1) is 13.2 Å². The number of methoxy groups -OCH3 is 1. The van der Waals surface area contributed by atoms with Crippen LogP contribution in [-0.2, 0) is 11.8 Å². The molecule has 4 aliphatic rings. The van der Waals surface area contributed by atoms with Gasteiger partial charge >= 0.3 is 0 Å². The Labute approximate surface area is 131 Å². The summed E-state index contributed by atoms with van der Waals surface area (Å²) in [5.74, 6) is 2.34. The largest absolute Gasteiger partial charge is 0.493 e. The van der Waals surface area contributed by atoms with E-state index in [9.17, 15) is 5.11 Å². The first kappa shape index (κ1) is 13.2. The minimum atomic E-state index is -0.358. The van der Waals surface area contributed by atoms with Crippen LogP contribution in [0.5, 0.6) is 11.5 Å². The molecule has 0 aromatic heterocycles. The molecule has 0 amide bonds. The Morgan fingerprint density at radius 1 is 1.36 bits per heavy atom. The number of nitrogens with zero attached hydrogens (tertiary/aromatic N) is 1. The molecule has 1 aromatic rings. The summed E-state index contributed by atoms with van der Waals surface area (Å²) in [5.41, 5.74) is 2.77. The topological polar surface area (TPSA) is 41.9 Å². The van der Waals surface area contributed by atoms with Gasteiger partial charge in [0.2, 0.25) is 0 Å². The molecule has 22 heavy (non-hydrogen) atoms. The van der Waals surface area contributed by atoms with Crippen molar-refractivity contribution in [1.29, 1.82) is 0 Å². The molecule has 1 N–H and O–H groups in total. The number of aliphatic hydroxyl groups excluding tert-OH is 1. The van der Waals surface area contributed by atoms with Crippen LogP contribution in [0.15, 0.2) is 12.1 Å². The standard InChI is InChI=1S/C18H23NO3/c1-19-8-7-18-11-4-5-13(20)17(18)22-16-14(21-2)6-3-10(15(16)18)9-12(11)19/h3,6,11-13,17,20H,4-5,7-9H2,1-2H3/t11-,12+,13-,17-,18-/m1/s1. The van der Waals surface area contributed by atoms with Crippen molar-refractivity contribution in [2.75, 3.05) is 20.7 Å². The highest BCUT2D eigenvalue weighted by Crippen LogP contribution is 2.63. The highest BCUT2D eigenvalue weighted by Gasteiger charge is 2.65. The van der Waals surface area contributed by atoms with E-state index in [1.165, 1.54) is 11.1 Å². The lowest BCUT2D eigenvalue weighted by Gasteiger charge is -2.58. The van der Waals surface area contributed by atoms with E-state index in [0.717, 1.165) is 43.7 Å². The molecule has 2 bridgehead atoms. The molecular weight excluding hydrogens is 278 g/mol. The van der Waals surface area contributed by atoms with E-state index in [0.29, 0.717) is 12.0 Å². The van der Waals surface area contributed by atoms with Crippen molar-refractivity contribution in [1.82, 2.24) is 4.90 Å². The van der Waals surface area contributed by atoms with Crippen molar-refractivity contribution in [2.24, 2.45) is 5.92 Å². The van der Waals surface area contributed by atoms with E-state index in [4.69, 9.17) is 9.47 Å². The van der Waals surface area contributed by atoms with Crippen molar-refractivity contribution in [3.63, 3.8) is 0 Å². The SMILES string of the molecule is COc1ccc2c3c1O[C@@H]1[C@H](O)CC[C@@H]4[C@H](C2)N(C)CC[C@]341. The van der Waals surface area contributed by atoms with Gasteiger partial charge in [0.25, 0.3) is 0 Å². The molecule has 5 atom stereocenters. The third-order valence-corrected chi connectivity index (χ3v) is 6.77.